The Morgan fingerprint density at radius 1 is 0.119 bits per heavy atom. The van der Waals surface area contributed by atoms with Crippen LogP contribution in [-0.4, -0.2) is 151 Å². The summed E-state index contributed by atoms with van der Waals surface area (Å²) in [6.45, 7) is 18.0. The maximum absolute atomic E-state index is 14.5. The lowest BCUT2D eigenvalue weighted by Crippen LogP contribution is -2.17. The Labute approximate surface area is 730 Å². The van der Waals surface area contributed by atoms with Crippen molar-refractivity contribution in [1.82, 2.24) is 0 Å². The van der Waals surface area contributed by atoms with E-state index in [2.05, 4.69) is 0 Å². The number of esters is 12. The van der Waals surface area contributed by atoms with Crippen molar-refractivity contribution >= 4 is 139 Å². The Kier molecular flexibility index (Phi) is 33.1. The van der Waals surface area contributed by atoms with Crippen molar-refractivity contribution in [2.24, 2.45) is 0 Å². The molecule has 0 saturated carbocycles. The first-order valence-electron chi connectivity index (χ1n) is 41.5. The second-order valence-corrected chi connectivity index (χ2v) is 27.3. The van der Waals surface area contributed by atoms with E-state index < -0.39 is 71.6 Å². The Hall–Kier alpha value is -14.9. The summed E-state index contributed by atoms with van der Waals surface area (Å²) in [4.78, 5) is 174. The van der Waals surface area contributed by atoms with Gasteiger partial charge in [-0.15, -0.1) is 0 Å². The number of carbonyl (C=O) groups is 12. The number of hydrogen-bond acceptors (Lipinski definition) is 24. The van der Waals surface area contributed by atoms with E-state index in [4.69, 9.17) is 56.8 Å². The SMILES string of the molecule is CCOC(=O)/C1=C(\C(=O)OCC)c2ccc(cc2)-c2ccc(cc2)/C(C(=O)OCC)=C(/C(=O)OCC)c2ccc(cc2)/C(C(=O)OCC)=C(/C(=O)OCC)c2ccc(cc2)-c2ccc(cc2)/C(C(=O)OCC)=C(/C(=O)OCC)c2ccc(cc2)/C(C(=O)OCC)=C(/C(=O)OCC)c2ccc(cc2)-c2ccc(cc2)/C(C(=O)OCC)=C(/C(=O)OCC)c2ccc1cc2. The first-order valence-corrected chi connectivity index (χ1v) is 41.5. The van der Waals surface area contributed by atoms with Gasteiger partial charge >= 0.3 is 71.6 Å². The monoisotopic (exact) mass is 1700 g/mol. The fourth-order valence-corrected chi connectivity index (χ4v) is 14.2. The molecule has 16 aliphatic rings. The molecular weight excluding hydrogens is 1610 g/mol. The standard InChI is InChI=1S/C102H96O24/c1-13-115-91(103)79-67-37-25-61(26-38-67)62-27-39-68(40-28-62)81(93(105)117-15-3)87(99(111)123-21-9)75-53-55-76(56-54-75)88(100(112)124-22-10)83(95(107)119-17-5)71-45-33-65(34-46-71)66-35-47-72(48-36-66)84(96(108)120-18-6)90(102(114)126-24-12)78-59-57-77(58-60-78)89(101(113)125-23-11)82(94(106)118-16-4)70-43-31-64(32-44-70)63-29-41-69(42-30-63)80(92(104)116-14-2)86(98(110)122-20-8)74-51-49-73(50-52-74)85(79)97(109)121-19-7/h25-60H,13-24H2,1-12H3/b62-61?,64-63?,66-65?,79-67?,80-69?,81-68?,82-70?,83-71?,84-72?,85-73?,85-79-,86-74?,86-80-,87-75?,87-81-,88-76?,88-83-,89-77?,89-82-,90-78?,90-84-. The fourth-order valence-electron chi connectivity index (χ4n) is 14.2. The van der Waals surface area contributed by atoms with Crippen LogP contribution in [0.1, 0.15) is 150 Å². The van der Waals surface area contributed by atoms with Gasteiger partial charge in [0.25, 0.3) is 0 Å². The fraction of sp³-hybridized carbons (Fsp3) is 0.235. The van der Waals surface area contributed by atoms with E-state index in [1.54, 1.807) is 229 Å². The molecule has 0 aromatic heterocycles. The largest absolute Gasteiger partial charge is 0.462 e. The number of rotatable bonds is 24. The first-order chi connectivity index (χ1) is 61.0. The molecule has 0 spiro atoms. The summed E-state index contributed by atoms with van der Waals surface area (Å²) in [5.74, 6) is -10.7. The van der Waals surface area contributed by atoms with Gasteiger partial charge in [-0.25, -0.2) is 57.5 Å². The van der Waals surface area contributed by atoms with Gasteiger partial charge in [-0.3, -0.25) is 0 Å². The minimum atomic E-state index is -0.904. The molecule has 24 nitrogen and oxygen atoms in total. The summed E-state index contributed by atoms with van der Waals surface area (Å²) in [5.41, 5.74) is 3.41. The molecule has 25 rings (SSSR count). The predicted molar refractivity (Wildman–Crippen MR) is 475 cm³/mol. The number of ether oxygens (including phenoxy) is 12. The lowest BCUT2D eigenvalue weighted by molar-refractivity contribution is -0.138. The van der Waals surface area contributed by atoms with E-state index in [0.29, 0.717) is 33.4 Å². The third-order valence-electron chi connectivity index (χ3n) is 19.7. The molecule has 648 valence electrons. The highest BCUT2D eigenvalue weighted by Gasteiger charge is 2.35. The third kappa shape index (κ3) is 21.6. The van der Waals surface area contributed by atoms with Crippen molar-refractivity contribution in [3.63, 3.8) is 0 Å². The minimum absolute atomic E-state index is 0.0967. The van der Waals surface area contributed by atoms with Crippen LogP contribution in [0.2, 0.25) is 0 Å². The number of benzene rings is 9. The van der Waals surface area contributed by atoms with Crippen molar-refractivity contribution < 1.29 is 114 Å². The van der Waals surface area contributed by atoms with E-state index in [9.17, 15) is 57.5 Å². The summed E-state index contributed by atoms with van der Waals surface area (Å²) in [6.07, 6.45) is 0. The van der Waals surface area contributed by atoms with Crippen LogP contribution in [0.3, 0.4) is 0 Å². The lowest BCUT2D eigenvalue weighted by Gasteiger charge is -2.18. The Balaban J connectivity index is 1.22. The summed E-state index contributed by atoms with van der Waals surface area (Å²) < 4.78 is 67.8. The molecule has 9 aromatic carbocycles. The van der Waals surface area contributed by atoms with E-state index in [0.717, 1.165) is 0 Å². The van der Waals surface area contributed by atoms with Gasteiger partial charge in [0.15, 0.2) is 0 Å². The van der Waals surface area contributed by atoms with Crippen molar-refractivity contribution in [3.05, 3.63) is 285 Å². The van der Waals surface area contributed by atoms with Gasteiger partial charge in [0, 0.05) is 0 Å². The molecule has 16 aliphatic carbocycles. The maximum Gasteiger partial charge on any atom is 0.339 e. The molecule has 0 atom stereocenters. The minimum Gasteiger partial charge on any atom is -0.462 e. The molecular formula is C102H96O24. The molecule has 0 radical (unpaired) electrons. The molecule has 0 unspecified atom stereocenters. The summed E-state index contributed by atoms with van der Waals surface area (Å²) in [6, 6.07) is 57.5. The number of carbonyl (C=O) groups excluding carboxylic acids is 12. The molecule has 0 amide bonds. The lowest BCUT2D eigenvalue weighted by atomic mass is 9.89. The Morgan fingerprint density at radius 2 is 0.175 bits per heavy atom. The van der Waals surface area contributed by atoms with Crippen LogP contribution < -0.4 is 0 Å². The van der Waals surface area contributed by atoms with Gasteiger partial charge in [-0.1, -0.05) is 218 Å². The van der Waals surface area contributed by atoms with Crippen LogP contribution >= 0.6 is 0 Å². The highest BCUT2D eigenvalue weighted by Crippen LogP contribution is 2.41. The average Bonchev–Trinajstić information content (AvgIpc) is 0.770. The second-order valence-electron chi connectivity index (χ2n) is 27.3. The first kappa shape index (κ1) is 93.3. The molecule has 0 heterocycles. The van der Waals surface area contributed by atoms with Gasteiger partial charge in [-0.2, -0.15) is 0 Å². The Bertz CT molecular complexity index is 4840. The Morgan fingerprint density at radius 3 is 0.230 bits per heavy atom. The van der Waals surface area contributed by atoms with Crippen LogP contribution in [0.4, 0.5) is 0 Å². The summed E-state index contributed by atoms with van der Waals surface area (Å²) in [5, 5.41) is 0. The van der Waals surface area contributed by atoms with Crippen molar-refractivity contribution in [3.8, 4) is 33.4 Å². The predicted octanol–water partition coefficient (Wildman–Crippen LogP) is 17.2. The second kappa shape index (κ2) is 44.7. The molecule has 0 fully saturated rings. The van der Waals surface area contributed by atoms with Crippen LogP contribution in [0.5, 0.6) is 0 Å². The van der Waals surface area contributed by atoms with Gasteiger partial charge in [0.1, 0.15) is 0 Å². The van der Waals surface area contributed by atoms with Gasteiger partial charge in [0.2, 0.25) is 0 Å². The third-order valence-corrected chi connectivity index (χ3v) is 19.7. The molecule has 126 heavy (non-hydrogen) atoms. The molecule has 24 heteroatoms. The van der Waals surface area contributed by atoms with Crippen LogP contribution in [-0.2, 0) is 114 Å². The highest BCUT2D eigenvalue weighted by atomic mass is 16.6. The smallest absolute Gasteiger partial charge is 0.339 e. The molecule has 0 N–H and O–H groups in total. The van der Waals surface area contributed by atoms with Crippen LogP contribution in [0.25, 0.3) is 100 Å². The number of hydrogen-bond donors (Lipinski definition) is 0. The van der Waals surface area contributed by atoms with E-state index >= 15 is 0 Å². The highest BCUT2D eigenvalue weighted by molar-refractivity contribution is 6.42. The molecule has 0 aliphatic heterocycles. The zero-order valence-corrected chi connectivity index (χ0v) is 72.1. The van der Waals surface area contributed by atoms with E-state index in [1.165, 1.54) is 72.8 Å². The van der Waals surface area contributed by atoms with E-state index in [1.807, 2.05) is 0 Å². The van der Waals surface area contributed by atoms with Gasteiger partial charge < -0.3 is 56.8 Å². The molecule has 0 saturated heterocycles. The topological polar surface area (TPSA) is 316 Å². The normalized spacial score (nSPS) is 15.8. The van der Waals surface area contributed by atoms with Crippen LogP contribution in [0, 0.1) is 0 Å². The van der Waals surface area contributed by atoms with Crippen LogP contribution in [0.15, 0.2) is 218 Å². The quantitative estimate of drug-likeness (QED) is 0.0401. The average molecular weight is 1710 g/mol. The molecule has 18 bridgehead atoms. The van der Waals surface area contributed by atoms with E-state index in [-0.39, 0.29) is 213 Å². The van der Waals surface area contributed by atoms with Gasteiger partial charge in [-0.05, 0) is 183 Å². The van der Waals surface area contributed by atoms with Crippen molar-refractivity contribution in [1.29, 1.82) is 0 Å². The van der Waals surface area contributed by atoms with Crippen molar-refractivity contribution in [2.75, 3.05) is 79.3 Å². The van der Waals surface area contributed by atoms with Crippen molar-refractivity contribution in [2.45, 2.75) is 83.1 Å². The zero-order chi connectivity index (χ0) is 90.7. The zero-order valence-electron chi connectivity index (χ0n) is 72.1. The maximum atomic E-state index is 14.5. The summed E-state index contributed by atoms with van der Waals surface area (Å²) in [7, 11) is 0. The summed E-state index contributed by atoms with van der Waals surface area (Å²) >= 11 is 0. The van der Waals surface area contributed by atoms with Gasteiger partial charge in [0.05, 0.1) is 146 Å². The molecule has 9 aromatic rings.